The molecule has 0 unspecified atom stereocenters. The molecule has 10 heavy (non-hydrogen) atoms. The van der Waals surface area contributed by atoms with E-state index in [-0.39, 0.29) is 0 Å². The van der Waals surface area contributed by atoms with Crippen molar-refractivity contribution in [1.82, 2.24) is 14.6 Å². The lowest BCUT2D eigenvalue weighted by atomic mass is 11.0. The molecule has 0 spiro atoms. The zero-order valence-corrected chi connectivity index (χ0v) is 6.13. The van der Waals surface area contributed by atoms with E-state index in [1.54, 1.807) is 24.0 Å². The van der Waals surface area contributed by atoms with E-state index in [0.29, 0.717) is 5.19 Å². The maximum absolute atomic E-state index is 4.90. The third-order valence-electron chi connectivity index (χ3n) is 1.13. The van der Waals surface area contributed by atoms with Gasteiger partial charge in [0, 0.05) is 6.20 Å². The molecule has 0 saturated carbocycles. The van der Waals surface area contributed by atoms with Gasteiger partial charge < -0.3 is 4.74 Å². The average molecular weight is 155 g/mol. The molecule has 0 aliphatic rings. The molecule has 2 aromatic heterocycles. The zero-order chi connectivity index (χ0) is 6.97. The van der Waals surface area contributed by atoms with Crippen LogP contribution >= 0.6 is 11.3 Å². The Morgan fingerprint density at radius 1 is 1.70 bits per heavy atom. The fourth-order valence-electron chi connectivity index (χ4n) is 0.701. The molecular weight excluding hydrogens is 150 g/mol. The van der Waals surface area contributed by atoms with Crippen LogP contribution in [0.25, 0.3) is 4.96 Å². The van der Waals surface area contributed by atoms with Crippen LogP contribution in [-0.2, 0) is 0 Å². The van der Waals surface area contributed by atoms with Crippen molar-refractivity contribution in [3.8, 4) is 5.19 Å². The number of hydrogen-bond donors (Lipinski definition) is 0. The molecule has 0 radical (unpaired) electrons. The molecule has 0 fully saturated rings. The van der Waals surface area contributed by atoms with Gasteiger partial charge >= 0.3 is 0 Å². The molecule has 2 heterocycles. The summed E-state index contributed by atoms with van der Waals surface area (Å²) in [5.74, 6) is 0. The molecule has 5 heteroatoms. The van der Waals surface area contributed by atoms with Crippen molar-refractivity contribution in [2.75, 3.05) is 7.11 Å². The number of ether oxygens (including phenoxy) is 1. The number of aromatic nitrogens is 3. The molecule has 52 valence electrons. The largest absolute Gasteiger partial charge is 0.472 e. The molecule has 0 aliphatic heterocycles. The molecule has 0 atom stereocenters. The molecule has 0 N–H and O–H groups in total. The predicted octanol–water partition coefficient (Wildman–Crippen LogP) is 0.799. The Balaban J connectivity index is 2.67. The van der Waals surface area contributed by atoms with Gasteiger partial charge in [0.15, 0.2) is 0 Å². The van der Waals surface area contributed by atoms with E-state index in [2.05, 4.69) is 10.1 Å². The van der Waals surface area contributed by atoms with Crippen molar-refractivity contribution in [2.45, 2.75) is 0 Å². The molecular formula is C5H5N3OS. The van der Waals surface area contributed by atoms with Crippen LogP contribution in [0.1, 0.15) is 0 Å². The van der Waals surface area contributed by atoms with Crippen LogP contribution < -0.4 is 4.74 Å². The first-order valence-corrected chi connectivity index (χ1v) is 3.56. The van der Waals surface area contributed by atoms with E-state index >= 15 is 0 Å². The smallest absolute Gasteiger partial charge is 0.294 e. The molecule has 2 rings (SSSR count). The average Bonchev–Trinajstić information content (AvgIpc) is 2.42. The highest BCUT2D eigenvalue weighted by atomic mass is 32.1. The minimum Gasteiger partial charge on any atom is -0.472 e. The lowest BCUT2D eigenvalue weighted by Gasteiger charge is -1.84. The summed E-state index contributed by atoms with van der Waals surface area (Å²) in [7, 11) is 1.60. The maximum Gasteiger partial charge on any atom is 0.294 e. The van der Waals surface area contributed by atoms with Gasteiger partial charge in [-0.25, -0.2) is 9.50 Å². The number of rotatable bonds is 1. The Hall–Kier alpha value is -1.10. The Labute approximate surface area is 61.1 Å². The lowest BCUT2D eigenvalue weighted by Crippen LogP contribution is -1.83. The molecule has 4 nitrogen and oxygen atoms in total. The van der Waals surface area contributed by atoms with Crippen LogP contribution in [0, 0.1) is 0 Å². The molecule has 2 aromatic rings. The van der Waals surface area contributed by atoms with Gasteiger partial charge in [-0.05, 0) is 11.3 Å². The lowest BCUT2D eigenvalue weighted by molar-refractivity contribution is 0.405. The Kier molecular flexibility index (Phi) is 1.10. The topological polar surface area (TPSA) is 39.4 Å². The highest BCUT2D eigenvalue weighted by Gasteiger charge is 2.01. The number of imidazole rings is 1. The summed E-state index contributed by atoms with van der Waals surface area (Å²) in [4.78, 5) is 4.88. The van der Waals surface area contributed by atoms with Crippen molar-refractivity contribution in [1.29, 1.82) is 0 Å². The second-order valence-corrected chi connectivity index (χ2v) is 2.64. The van der Waals surface area contributed by atoms with Crippen molar-refractivity contribution >= 4 is 16.3 Å². The van der Waals surface area contributed by atoms with Crippen LogP contribution in [0.5, 0.6) is 5.19 Å². The zero-order valence-electron chi connectivity index (χ0n) is 5.31. The minimum atomic E-state index is 0.642. The van der Waals surface area contributed by atoms with E-state index < -0.39 is 0 Å². The maximum atomic E-state index is 4.90. The van der Waals surface area contributed by atoms with Crippen LogP contribution in [-0.4, -0.2) is 21.7 Å². The number of methoxy groups -OCH3 is 1. The summed E-state index contributed by atoms with van der Waals surface area (Å²) >= 11 is 1.42. The van der Waals surface area contributed by atoms with Crippen molar-refractivity contribution in [2.24, 2.45) is 0 Å². The van der Waals surface area contributed by atoms with Crippen LogP contribution in [0.15, 0.2) is 12.4 Å². The predicted molar refractivity (Wildman–Crippen MR) is 37.4 cm³/mol. The highest BCUT2D eigenvalue weighted by Crippen LogP contribution is 2.18. The van der Waals surface area contributed by atoms with E-state index in [9.17, 15) is 0 Å². The summed E-state index contributed by atoms with van der Waals surface area (Å²) in [5.41, 5.74) is 0. The Morgan fingerprint density at radius 3 is 3.30 bits per heavy atom. The van der Waals surface area contributed by atoms with Gasteiger partial charge in [0.25, 0.3) is 5.19 Å². The molecule has 0 aromatic carbocycles. The van der Waals surface area contributed by atoms with E-state index in [1.165, 1.54) is 11.3 Å². The summed E-state index contributed by atoms with van der Waals surface area (Å²) in [6.45, 7) is 0. The fraction of sp³-hybridized carbons (Fsp3) is 0.200. The number of nitrogens with zero attached hydrogens (tertiary/aromatic N) is 3. The van der Waals surface area contributed by atoms with Crippen LogP contribution in [0.4, 0.5) is 0 Å². The first-order chi connectivity index (χ1) is 4.90. The van der Waals surface area contributed by atoms with Gasteiger partial charge in [-0.3, -0.25) is 0 Å². The second kappa shape index (κ2) is 1.95. The van der Waals surface area contributed by atoms with Gasteiger partial charge in [-0.15, -0.1) is 5.10 Å². The van der Waals surface area contributed by atoms with E-state index in [1.807, 2.05) is 0 Å². The first-order valence-electron chi connectivity index (χ1n) is 2.74. The second-order valence-electron chi connectivity index (χ2n) is 1.73. The number of fused-ring (bicyclic) bond motifs is 1. The minimum absolute atomic E-state index is 0.642. The third kappa shape index (κ3) is 0.672. The Bertz CT molecular complexity index is 311. The standard InChI is InChI=1S/C5H5N3OS/c1-9-5-7-8-3-2-6-4(8)10-5/h2-3H,1H3. The van der Waals surface area contributed by atoms with Gasteiger partial charge in [0.2, 0.25) is 4.96 Å². The highest BCUT2D eigenvalue weighted by molar-refractivity contribution is 7.18. The summed E-state index contributed by atoms with van der Waals surface area (Å²) in [6.07, 6.45) is 3.49. The van der Waals surface area contributed by atoms with Crippen LogP contribution in [0.3, 0.4) is 0 Å². The van der Waals surface area contributed by atoms with Gasteiger partial charge in [0.1, 0.15) is 0 Å². The van der Waals surface area contributed by atoms with E-state index in [4.69, 9.17) is 4.74 Å². The summed E-state index contributed by atoms with van der Waals surface area (Å²) in [6, 6.07) is 0. The van der Waals surface area contributed by atoms with Crippen LogP contribution in [0.2, 0.25) is 0 Å². The SMILES string of the molecule is COc1nn2ccnc2s1. The normalized spacial score (nSPS) is 10.5. The van der Waals surface area contributed by atoms with Gasteiger partial charge in [-0.2, -0.15) is 0 Å². The summed E-state index contributed by atoms with van der Waals surface area (Å²) < 4.78 is 6.59. The van der Waals surface area contributed by atoms with E-state index in [0.717, 1.165) is 4.96 Å². The summed E-state index contributed by atoms with van der Waals surface area (Å²) in [5, 5.41) is 4.68. The molecule has 0 saturated heterocycles. The van der Waals surface area contributed by atoms with Crippen molar-refractivity contribution in [3.63, 3.8) is 0 Å². The molecule has 0 bridgehead atoms. The van der Waals surface area contributed by atoms with Gasteiger partial charge in [-0.1, -0.05) is 0 Å². The monoisotopic (exact) mass is 155 g/mol. The molecule has 0 aliphatic carbocycles. The molecule has 0 amide bonds. The quantitative estimate of drug-likeness (QED) is 0.611. The van der Waals surface area contributed by atoms with Gasteiger partial charge in [0.05, 0.1) is 13.3 Å². The fourth-order valence-corrected chi connectivity index (χ4v) is 1.38. The van der Waals surface area contributed by atoms with Crippen molar-refractivity contribution in [3.05, 3.63) is 12.4 Å². The first kappa shape index (κ1) is 5.67. The Morgan fingerprint density at radius 2 is 2.60 bits per heavy atom. The van der Waals surface area contributed by atoms with Crippen molar-refractivity contribution < 1.29 is 4.74 Å². The number of hydrogen-bond acceptors (Lipinski definition) is 4. The third-order valence-corrected chi connectivity index (χ3v) is 2.03.